The number of imide groups is 1. The monoisotopic (exact) mass is 379 g/mol. The van der Waals surface area contributed by atoms with Crippen LogP contribution in [-0.4, -0.2) is 52.1 Å². The molecule has 0 radical (unpaired) electrons. The van der Waals surface area contributed by atoms with Gasteiger partial charge in [-0.2, -0.15) is 0 Å². The summed E-state index contributed by atoms with van der Waals surface area (Å²) >= 11 is 0. The molecule has 0 saturated carbocycles. The van der Waals surface area contributed by atoms with Crippen LogP contribution in [0, 0.1) is 11.8 Å². The van der Waals surface area contributed by atoms with Gasteiger partial charge in [-0.05, 0) is 12.1 Å². The lowest BCUT2D eigenvalue weighted by Crippen LogP contribution is -2.32. The molecule has 0 unspecified atom stereocenters. The van der Waals surface area contributed by atoms with Gasteiger partial charge in [0, 0.05) is 23.2 Å². The molecule has 4 nitrogen and oxygen atoms in total. The number of nitrogens with zero attached hydrogens (tertiary/aromatic N) is 1. The van der Waals surface area contributed by atoms with Crippen molar-refractivity contribution in [2.75, 3.05) is 7.05 Å². The van der Waals surface area contributed by atoms with Crippen molar-refractivity contribution in [2.45, 2.75) is 63.6 Å². The van der Waals surface area contributed by atoms with Gasteiger partial charge in [0.2, 0.25) is 11.8 Å². The van der Waals surface area contributed by atoms with E-state index in [0.717, 1.165) is 12.1 Å². The minimum atomic E-state index is -1.18. The smallest absolute Gasteiger partial charge is 0.235 e. The van der Waals surface area contributed by atoms with Gasteiger partial charge in [0.1, 0.15) is 0 Å². The third-order valence-corrected chi connectivity index (χ3v) is 7.67. The number of carbonyl (C=O) groups excluding carboxylic acids is 2. The van der Waals surface area contributed by atoms with Crippen LogP contribution in [0.25, 0.3) is 0 Å². The molecule has 0 aromatic heterocycles. The van der Waals surface area contributed by atoms with Crippen molar-refractivity contribution in [3.8, 4) is 0 Å². The van der Waals surface area contributed by atoms with Crippen LogP contribution >= 0.6 is 0 Å². The number of fused-ring (bicyclic) bond motifs is 1. The van der Waals surface area contributed by atoms with Gasteiger partial charge >= 0.3 is 0 Å². The predicted octanol–water partition coefficient (Wildman–Crippen LogP) is 3.77. The fourth-order valence-electron chi connectivity index (χ4n) is 3.35. The van der Waals surface area contributed by atoms with E-state index in [1.165, 1.54) is 4.90 Å². The van der Waals surface area contributed by atoms with Gasteiger partial charge in [0.25, 0.3) is 0 Å². The highest BCUT2D eigenvalue weighted by Gasteiger charge is 2.57. The first-order valence-corrected chi connectivity index (χ1v) is 16.6. The largest absolute Gasteiger partial charge is 0.365 e. The second kappa shape index (κ2) is 7.33. The maximum atomic E-state index is 12.5. The Morgan fingerprint density at radius 3 is 1.52 bits per heavy atom. The van der Waals surface area contributed by atoms with E-state index in [-0.39, 0.29) is 35.9 Å². The second-order valence-corrected chi connectivity index (χ2v) is 20.8. The number of amides is 2. The van der Waals surface area contributed by atoms with Crippen molar-refractivity contribution in [2.24, 2.45) is 11.8 Å². The maximum Gasteiger partial charge on any atom is 0.235 e. The summed E-state index contributed by atoms with van der Waals surface area (Å²) in [4.78, 5) is 26.3. The van der Waals surface area contributed by atoms with E-state index >= 15 is 0 Å². The second-order valence-electron chi connectivity index (χ2n) is 9.74. The number of ether oxygens (including phenoxy) is 1. The third-order valence-electron chi connectivity index (χ3n) is 4.75. The molecule has 2 amide bonds. The first-order valence-electron chi connectivity index (χ1n) is 9.21. The SMILES string of the molecule is CN1C(=O)[C@@H]2[C@H](C1=O)[C@H](/C=C/C[Si](C)(C)C)O[C@@H]2/C=C/C[Si](C)(C)C. The molecule has 25 heavy (non-hydrogen) atoms. The molecule has 0 aromatic carbocycles. The number of hydrogen-bond donors (Lipinski definition) is 0. The summed E-state index contributed by atoms with van der Waals surface area (Å²) in [5.74, 6) is -0.925. The number of allylic oxidation sites excluding steroid dienone is 2. The summed E-state index contributed by atoms with van der Waals surface area (Å²) in [6.45, 7) is 13.9. The minimum Gasteiger partial charge on any atom is -0.365 e. The molecule has 0 aliphatic carbocycles. The lowest BCUT2D eigenvalue weighted by Gasteiger charge is -2.17. The number of carbonyl (C=O) groups is 2. The van der Waals surface area contributed by atoms with Crippen molar-refractivity contribution in [1.29, 1.82) is 0 Å². The molecule has 0 bridgehead atoms. The van der Waals surface area contributed by atoms with Gasteiger partial charge < -0.3 is 4.74 Å². The lowest BCUT2D eigenvalue weighted by atomic mass is 9.89. The van der Waals surface area contributed by atoms with Crippen LogP contribution in [0.3, 0.4) is 0 Å². The van der Waals surface area contributed by atoms with Gasteiger partial charge in [0.15, 0.2) is 0 Å². The van der Waals surface area contributed by atoms with Crippen LogP contribution < -0.4 is 0 Å². The standard InChI is InChI=1S/C19H33NO3Si2/c1-20-18(21)16-14(10-8-12-24(2,3)4)23-15(17(16)19(20)22)11-9-13-25(5,6)7/h8-11,14-17H,12-13H2,1-7H3/b10-8+,11-9+/t14-,15+,16+,17-. The van der Waals surface area contributed by atoms with Crippen molar-refractivity contribution in [3.05, 3.63) is 24.3 Å². The van der Waals surface area contributed by atoms with Crippen molar-refractivity contribution in [3.63, 3.8) is 0 Å². The van der Waals surface area contributed by atoms with Crippen LogP contribution in [0.5, 0.6) is 0 Å². The summed E-state index contributed by atoms with van der Waals surface area (Å²) in [5, 5.41) is 0. The highest BCUT2D eigenvalue weighted by molar-refractivity contribution is 6.76. The Kier molecular flexibility index (Phi) is 5.96. The summed E-state index contributed by atoms with van der Waals surface area (Å²) in [6, 6.07) is 2.11. The molecule has 2 aliphatic rings. The van der Waals surface area contributed by atoms with E-state index in [2.05, 4.69) is 51.4 Å². The molecule has 0 aromatic rings. The molecule has 6 heteroatoms. The molecular formula is C19H33NO3Si2. The molecule has 0 spiro atoms. The predicted molar refractivity (Wildman–Crippen MR) is 108 cm³/mol. The highest BCUT2D eigenvalue weighted by atomic mass is 28.3. The Bertz CT molecular complexity index is 536. The summed E-state index contributed by atoms with van der Waals surface area (Å²) in [5.41, 5.74) is 0. The van der Waals surface area contributed by atoms with Crippen molar-refractivity contribution < 1.29 is 14.3 Å². The molecule has 0 N–H and O–H groups in total. The van der Waals surface area contributed by atoms with E-state index < -0.39 is 16.1 Å². The molecule has 2 rings (SSSR count). The summed E-state index contributed by atoms with van der Waals surface area (Å²) in [6.07, 6.45) is 7.77. The fourth-order valence-corrected chi connectivity index (χ4v) is 5.03. The van der Waals surface area contributed by atoms with E-state index in [0.29, 0.717) is 0 Å². The Morgan fingerprint density at radius 1 is 0.840 bits per heavy atom. The maximum absolute atomic E-state index is 12.5. The Labute approximate surface area is 154 Å². The quantitative estimate of drug-likeness (QED) is 0.401. The van der Waals surface area contributed by atoms with Gasteiger partial charge in [0.05, 0.1) is 24.0 Å². The normalized spacial score (nSPS) is 30.9. The molecular weight excluding hydrogens is 346 g/mol. The zero-order valence-corrected chi connectivity index (χ0v) is 18.7. The zero-order valence-electron chi connectivity index (χ0n) is 16.7. The van der Waals surface area contributed by atoms with Crippen LogP contribution in [-0.2, 0) is 14.3 Å². The van der Waals surface area contributed by atoms with Gasteiger partial charge in [-0.25, -0.2) is 0 Å². The van der Waals surface area contributed by atoms with E-state index in [1.807, 2.05) is 12.2 Å². The van der Waals surface area contributed by atoms with Crippen molar-refractivity contribution in [1.82, 2.24) is 4.90 Å². The van der Waals surface area contributed by atoms with Crippen LogP contribution in [0.4, 0.5) is 0 Å². The zero-order chi connectivity index (χ0) is 19.0. The lowest BCUT2D eigenvalue weighted by molar-refractivity contribution is -0.140. The topological polar surface area (TPSA) is 46.6 Å². The average Bonchev–Trinajstić information content (AvgIpc) is 2.90. The first-order chi connectivity index (χ1) is 11.4. The average molecular weight is 380 g/mol. The summed E-state index contributed by atoms with van der Waals surface area (Å²) in [7, 11) is -0.768. The molecule has 2 saturated heterocycles. The van der Waals surface area contributed by atoms with Crippen LogP contribution in [0.2, 0.25) is 51.4 Å². The van der Waals surface area contributed by atoms with Gasteiger partial charge in [-0.3, -0.25) is 14.5 Å². The number of likely N-dealkylation sites (tertiary alicyclic amines) is 1. The highest BCUT2D eigenvalue weighted by Crippen LogP contribution is 2.41. The van der Waals surface area contributed by atoms with Crippen LogP contribution in [0.1, 0.15) is 0 Å². The van der Waals surface area contributed by atoms with Gasteiger partial charge in [-0.1, -0.05) is 63.6 Å². The molecule has 2 aliphatic heterocycles. The van der Waals surface area contributed by atoms with Crippen molar-refractivity contribution >= 4 is 28.0 Å². The molecule has 2 fully saturated rings. The fraction of sp³-hybridized carbons (Fsp3) is 0.684. The van der Waals surface area contributed by atoms with Gasteiger partial charge in [-0.15, -0.1) is 0 Å². The minimum absolute atomic E-state index is 0.0984. The Balaban J connectivity index is 2.17. The molecule has 2 heterocycles. The number of hydrogen-bond acceptors (Lipinski definition) is 3. The number of rotatable bonds is 6. The molecule has 140 valence electrons. The Hall–Kier alpha value is -0.986. The van der Waals surface area contributed by atoms with E-state index in [9.17, 15) is 9.59 Å². The summed E-state index contributed by atoms with van der Waals surface area (Å²) < 4.78 is 6.14. The van der Waals surface area contributed by atoms with E-state index in [4.69, 9.17) is 4.74 Å². The van der Waals surface area contributed by atoms with E-state index in [1.54, 1.807) is 7.05 Å². The van der Waals surface area contributed by atoms with Crippen LogP contribution in [0.15, 0.2) is 24.3 Å². The molecule has 4 atom stereocenters. The first kappa shape index (κ1) is 20.3. The third kappa shape index (κ3) is 5.02. The Morgan fingerprint density at radius 2 is 1.20 bits per heavy atom.